The van der Waals surface area contributed by atoms with Crippen LogP contribution in [0, 0.1) is 29.1 Å². The fourth-order valence-electron chi connectivity index (χ4n) is 5.59. The Hall–Kier alpha value is -1.81. The van der Waals surface area contributed by atoms with E-state index in [1.165, 1.54) is 82.6 Å². The topological polar surface area (TPSA) is 23.8 Å². The maximum atomic E-state index is 8.55. The van der Waals surface area contributed by atoms with E-state index in [0.717, 1.165) is 23.7 Å². The van der Waals surface area contributed by atoms with Crippen molar-refractivity contribution in [3.05, 3.63) is 59.7 Å². The summed E-state index contributed by atoms with van der Waals surface area (Å²) in [5.41, 5.74) is 3.10. The van der Waals surface area contributed by atoms with Gasteiger partial charge in [-0.1, -0.05) is 62.3 Å². The summed E-state index contributed by atoms with van der Waals surface area (Å²) in [6.45, 7) is 2.28. The van der Waals surface area contributed by atoms with Crippen LogP contribution in [0.25, 0.3) is 0 Å². The predicted molar refractivity (Wildman–Crippen MR) is 124 cm³/mol. The minimum absolute atomic E-state index is 0.724. The molecule has 0 amide bonds. The standard InChI is InChI=1S/C28H39N/c1-2-3-5-8-23-10-14-25(15-11-23)27-18-20-28(21-19-27)26-16-12-24(13-17-26)9-6-4-7-22-29/h4,6-7,9-11,14-15,24,26-28H,2-3,5,8,12-13,16-21H2,1H3/t24-,26-,27-,28-. The van der Waals surface area contributed by atoms with Crippen LogP contribution in [0.2, 0.25) is 0 Å². The molecule has 2 aliphatic rings. The van der Waals surface area contributed by atoms with Crippen molar-refractivity contribution in [2.45, 2.75) is 89.9 Å². The third-order valence-corrected chi connectivity index (χ3v) is 7.44. The Balaban J connectivity index is 1.40. The summed E-state index contributed by atoms with van der Waals surface area (Å²) in [6, 6.07) is 11.7. The maximum Gasteiger partial charge on any atom is 0.0912 e. The lowest BCUT2D eigenvalue weighted by Crippen LogP contribution is -2.25. The number of allylic oxidation sites excluding steroid dienone is 4. The second-order valence-corrected chi connectivity index (χ2v) is 9.36. The van der Waals surface area contributed by atoms with Crippen LogP contribution in [0.15, 0.2) is 48.6 Å². The van der Waals surface area contributed by atoms with E-state index in [0.29, 0.717) is 0 Å². The lowest BCUT2D eigenvalue weighted by molar-refractivity contribution is 0.171. The van der Waals surface area contributed by atoms with Gasteiger partial charge < -0.3 is 0 Å². The molecule has 0 spiro atoms. The Labute approximate surface area is 178 Å². The lowest BCUT2D eigenvalue weighted by Gasteiger charge is -2.37. The number of hydrogen-bond donors (Lipinski definition) is 0. The van der Waals surface area contributed by atoms with Crippen molar-refractivity contribution >= 4 is 0 Å². The van der Waals surface area contributed by atoms with Crippen molar-refractivity contribution in [2.75, 3.05) is 0 Å². The lowest BCUT2D eigenvalue weighted by atomic mass is 9.68. The van der Waals surface area contributed by atoms with Crippen molar-refractivity contribution < 1.29 is 0 Å². The zero-order valence-corrected chi connectivity index (χ0v) is 18.4. The Kier molecular flexibility index (Phi) is 9.07. The van der Waals surface area contributed by atoms with Crippen LogP contribution in [-0.4, -0.2) is 0 Å². The van der Waals surface area contributed by atoms with E-state index in [1.54, 1.807) is 11.6 Å². The minimum atomic E-state index is 0.724. The largest absolute Gasteiger partial charge is 0.193 e. The molecular weight excluding hydrogens is 350 g/mol. The molecule has 0 heterocycles. The number of unbranched alkanes of at least 4 members (excludes halogenated alkanes) is 2. The summed E-state index contributed by atoms with van der Waals surface area (Å²) < 4.78 is 0. The van der Waals surface area contributed by atoms with Crippen LogP contribution in [0.4, 0.5) is 0 Å². The average molecular weight is 390 g/mol. The highest BCUT2D eigenvalue weighted by Crippen LogP contribution is 2.44. The molecule has 0 aliphatic heterocycles. The SMILES string of the molecule is CCCCCc1ccc([C@H]2CC[C@H]([C@H]3CC[C@H](C=CC=CC#N)CC3)CC2)cc1. The smallest absolute Gasteiger partial charge is 0.0912 e. The number of rotatable bonds is 8. The second-order valence-electron chi connectivity index (χ2n) is 9.36. The van der Waals surface area contributed by atoms with Crippen molar-refractivity contribution in [2.24, 2.45) is 17.8 Å². The fourth-order valence-corrected chi connectivity index (χ4v) is 5.59. The summed E-state index contributed by atoms with van der Waals surface area (Å²) in [5.74, 6) is 3.43. The van der Waals surface area contributed by atoms with Crippen molar-refractivity contribution in [3.63, 3.8) is 0 Å². The molecule has 0 unspecified atom stereocenters. The first-order valence-electron chi connectivity index (χ1n) is 12.1. The van der Waals surface area contributed by atoms with E-state index in [4.69, 9.17) is 5.26 Å². The Bertz CT molecular complexity index is 674. The minimum Gasteiger partial charge on any atom is -0.193 e. The van der Waals surface area contributed by atoms with E-state index in [-0.39, 0.29) is 0 Å². The van der Waals surface area contributed by atoms with Gasteiger partial charge in [-0.05, 0) is 99.0 Å². The number of benzene rings is 1. The summed E-state index contributed by atoms with van der Waals surface area (Å²) in [5, 5.41) is 8.55. The molecule has 0 saturated heterocycles. The average Bonchev–Trinajstić information content (AvgIpc) is 2.78. The Morgan fingerprint density at radius 1 is 0.862 bits per heavy atom. The van der Waals surface area contributed by atoms with Crippen LogP contribution in [-0.2, 0) is 6.42 Å². The van der Waals surface area contributed by atoms with E-state index < -0.39 is 0 Å². The van der Waals surface area contributed by atoms with E-state index in [1.807, 2.05) is 6.08 Å². The van der Waals surface area contributed by atoms with Gasteiger partial charge in [-0.3, -0.25) is 0 Å². The molecule has 1 aromatic carbocycles. The van der Waals surface area contributed by atoms with Gasteiger partial charge >= 0.3 is 0 Å². The number of nitrogens with zero attached hydrogens (tertiary/aromatic N) is 1. The van der Waals surface area contributed by atoms with E-state index >= 15 is 0 Å². The van der Waals surface area contributed by atoms with Gasteiger partial charge in [0, 0.05) is 6.08 Å². The Morgan fingerprint density at radius 2 is 1.52 bits per heavy atom. The third kappa shape index (κ3) is 6.88. The first-order chi connectivity index (χ1) is 14.3. The number of nitriles is 1. The molecule has 29 heavy (non-hydrogen) atoms. The predicted octanol–water partition coefficient (Wildman–Crippen LogP) is 8.14. The number of hydrogen-bond acceptors (Lipinski definition) is 1. The van der Waals surface area contributed by atoms with Gasteiger partial charge in [0.05, 0.1) is 6.07 Å². The molecule has 0 N–H and O–H groups in total. The van der Waals surface area contributed by atoms with Crippen molar-refractivity contribution in [3.8, 4) is 6.07 Å². The molecule has 0 bridgehead atoms. The van der Waals surface area contributed by atoms with Crippen LogP contribution in [0.1, 0.15) is 94.6 Å². The molecule has 0 radical (unpaired) electrons. The van der Waals surface area contributed by atoms with Crippen molar-refractivity contribution in [1.29, 1.82) is 5.26 Å². The summed E-state index contributed by atoms with van der Waals surface area (Å²) >= 11 is 0. The van der Waals surface area contributed by atoms with E-state index in [9.17, 15) is 0 Å². The molecule has 0 atom stereocenters. The molecule has 1 nitrogen and oxygen atoms in total. The molecule has 1 heteroatoms. The first-order valence-corrected chi connectivity index (χ1v) is 12.1. The summed E-state index contributed by atoms with van der Waals surface area (Å²) in [7, 11) is 0. The van der Waals surface area contributed by atoms with Crippen LogP contribution >= 0.6 is 0 Å². The normalized spacial score (nSPS) is 28.0. The highest BCUT2D eigenvalue weighted by molar-refractivity contribution is 5.26. The molecule has 3 rings (SSSR count). The van der Waals surface area contributed by atoms with Gasteiger partial charge in [0.1, 0.15) is 0 Å². The summed E-state index contributed by atoms with van der Waals surface area (Å²) in [6.07, 6.45) is 24.1. The molecule has 2 saturated carbocycles. The van der Waals surface area contributed by atoms with E-state index in [2.05, 4.69) is 49.4 Å². The van der Waals surface area contributed by atoms with Gasteiger partial charge in [-0.15, -0.1) is 0 Å². The molecular formula is C28H39N. The quantitative estimate of drug-likeness (QED) is 0.250. The molecule has 2 aliphatic carbocycles. The van der Waals surface area contributed by atoms with Gasteiger partial charge in [0.25, 0.3) is 0 Å². The zero-order valence-electron chi connectivity index (χ0n) is 18.4. The van der Waals surface area contributed by atoms with Gasteiger partial charge in [0.15, 0.2) is 0 Å². The monoisotopic (exact) mass is 389 g/mol. The molecule has 2 fully saturated rings. The zero-order chi connectivity index (χ0) is 20.3. The first kappa shape index (κ1) is 21.9. The van der Waals surface area contributed by atoms with Crippen LogP contribution in [0.5, 0.6) is 0 Å². The summed E-state index contributed by atoms with van der Waals surface area (Å²) in [4.78, 5) is 0. The molecule has 0 aromatic heterocycles. The molecule has 156 valence electrons. The molecule has 1 aromatic rings. The van der Waals surface area contributed by atoms with Crippen molar-refractivity contribution in [1.82, 2.24) is 0 Å². The van der Waals surface area contributed by atoms with Crippen LogP contribution < -0.4 is 0 Å². The van der Waals surface area contributed by atoms with Gasteiger partial charge in [-0.2, -0.15) is 5.26 Å². The Morgan fingerprint density at radius 3 is 2.14 bits per heavy atom. The third-order valence-electron chi connectivity index (χ3n) is 7.44. The number of aryl methyl sites for hydroxylation is 1. The maximum absolute atomic E-state index is 8.55. The van der Waals surface area contributed by atoms with Crippen LogP contribution in [0.3, 0.4) is 0 Å². The fraction of sp³-hybridized carbons (Fsp3) is 0.607. The highest BCUT2D eigenvalue weighted by Gasteiger charge is 2.30. The van der Waals surface area contributed by atoms with Gasteiger partial charge in [-0.25, -0.2) is 0 Å². The highest BCUT2D eigenvalue weighted by atomic mass is 14.4. The second kappa shape index (κ2) is 12.0. The van der Waals surface area contributed by atoms with Gasteiger partial charge in [0.2, 0.25) is 0 Å².